The maximum Gasteiger partial charge on any atom is 0.140 e. The zero-order valence-corrected chi connectivity index (χ0v) is 9.50. The van der Waals surface area contributed by atoms with Crippen LogP contribution in [0.2, 0.25) is 0 Å². The van der Waals surface area contributed by atoms with Gasteiger partial charge in [0.05, 0.1) is 13.2 Å². The molecule has 0 aromatic heterocycles. The van der Waals surface area contributed by atoms with Gasteiger partial charge in [0.15, 0.2) is 0 Å². The van der Waals surface area contributed by atoms with Crippen molar-refractivity contribution < 1.29 is 9.53 Å². The molecule has 0 aliphatic heterocycles. The summed E-state index contributed by atoms with van der Waals surface area (Å²) in [6.45, 7) is 6.70. The molecular weight excluding hydrogens is 188 g/mol. The van der Waals surface area contributed by atoms with Gasteiger partial charge in [-0.3, -0.25) is 4.79 Å². The van der Waals surface area contributed by atoms with Crippen LogP contribution in [0, 0.1) is 5.92 Å². The normalized spacial score (nSPS) is 22.9. The predicted molar refractivity (Wildman–Crippen MR) is 61.7 cm³/mol. The van der Waals surface area contributed by atoms with Crippen LogP contribution in [-0.2, 0) is 9.53 Å². The first-order chi connectivity index (χ1) is 7.29. The van der Waals surface area contributed by atoms with Crippen LogP contribution in [0.3, 0.4) is 0 Å². The largest absolute Gasteiger partial charge is 0.373 e. The third-order valence-corrected chi connectivity index (χ3v) is 2.88. The quantitative estimate of drug-likeness (QED) is 0.513. The van der Waals surface area contributed by atoms with Gasteiger partial charge in [0.1, 0.15) is 5.78 Å². The molecule has 0 saturated heterocycles. The fourth-order valence-corrected chi connectivity index (χ4v) is 2.02. The maximum atomic E-state index is 11.7. The topological polar surface area (TPSA) is 26.3 Å². The highest BCUT2D eigenvalue weighted by Gasteiger charge is 2.24. The van der Waals surface area contributed by atoms with E-state index in [2.05, 4.69) is 6.58 Å². The molecule has 0 amide bonds. The summed E-state index contributed by atoms with van der Waals surface area (Å²) in [5.41, 5.74) is 1.14. The molecule has 1 fully saturated rings. The Hall–Kier alpha value is -0.890. The summed E-state index contributed by atoms with van der Waals surface area (Å²) >= 11 is 0. The number of allylic oxidation sites excluding steroid dienone is 1. The highest BCUT2D eigenvalue weighted by molar-refractivity contribution is 5.84. The minimum atomic E-state index is 0.119. The van der Waals surface area contributed by atoms with Crippen LogP contribution in [0.4, 0.5) is 0 Å². The number of hydrogen-bond acceptors (Lipinski definition) is 2. The van der Waals surface area contributed by atoms with E-state index in [1.54, 1.807) is 6.08 Å². The average Bonchev–Trinajstić information content (AvgIpc) is 2.26. The van der Waals surface area contributed by atoms with Gasteiger partial charge < -0.3 is 4.74 Å². The van der Waals surface area contributed by atoms with Crippen LogP contribution >= 0.6 is 0 Å². The number of hydrogen-bond donors (Lipinski definition) is 0. The van der Waals surface area contributed by atoms with Crippen LogP contribution in [0.25, 0.3) is 0 Å². The first-order valence-corrected chi connectivity index (χ1v) is 5.66. The Kier molecular flexibility index (Phi) is 5.33. The maximum absolute atomic E-state index is 11.7. The number of ketones is 1. The van der Waals surface area contributed by atoms with Crippen molar-refractivity contribution in [2.24, 2.45) is 5.92 Å². The highest BCUT2D eigenvalue weighted by atomic mass is 16.5. The summed E-state index contributed by atoms with van der Waals surface area (Å²) < 4.78 is 5.40. The van der Waals surface area contributed by atoms with Crippen LogP contribution < -0.4 is 0 Å². The molecule has 0 aromatic rings. The van der Waals surface area contributed by atoms with E-state index in [1.165, 1.54) is 0 Å². The molecule has 2 heteroatoms. The number of carbonyl (C=O) groups excluding carboxylic acids is 1. The van der Waals surface area contributed by atoms with Gasteiger partial charge in [-0.05, 0) is 25.3 Å². The van der Waals surface area contributed by atoms with Gasteiger partial charge in [-0.2, -0.15) is 0 Å². The first-order valence-electron chi connectivity index (χ1n) is 5.66. The smallest absolute Gasteiger partial charge is 0.140 e. The fourth-order valence-electron chi connectivity index (χ4n) is 2.02. The van der Waals surface area contributed by atoms with Crippen molar-refractivity contribution in [3.05, 3.63) is 24.3 Å². The summed E-state index contributed by atoms with van der Waals surface area (Å²) in [4.78, 5) is 11.7. The fraction of sp³-hybridized carbons (Fsp3) is 0.615. The number of rotatable bonds is 5. The summed E-state index contributed by atoms with van der Waals surface area (Å²) in [5, 5.41) is 0. The number of carbonyl (C=O) groups is 1. The summed E-state index contributed by atoms with van der Waals surface area (Å²) in [5.74, 6) is 0.505. The third kappa shape index (κ3) is 3.63. The Labute approximate surface area is 92.0 Å². The number of Topliss-reactive ketones (excluding diaryl/α,β-unsaturated/α-hetero) is 1. The van der Waals surface area contributed by atoms with E-state index in [-0.39, 0.29) is 5.92 Å². The SMILES string of the molecule is C=CCOC/C(=C/C)C1CCCCC1=O. The van der Waals surface area contributed by atoms with E-state index in [0.29, 0.717) is 19.0 Å². The molecule has 1 aliphatic rings. The van der Waals surface area contributed by atoms with Crippen LogP contribution in [-0.4, -0.2) is 19.0 Å². The van der Waals surface area contributed by atoms with E-state index in [0.717, 1.165) is 31.3 Å². The molecule has 0 aromatic carbocycles. The van der Waals surface area contributed by atoms with Crippen molar-refractivity contribution >= 4 is 5.78 Å². The molecule has 1 aliphatic carbocycles. The molecule has 1 unspecified atom stereocenters. The Morgan fingerprint density at radius 2 is 2.40 bits per heavy atom. The molecule has 0 heterocycles. The van der Waals surface area contributed by atoms with Crippen molar-refractivity contribution in [3.63, 3.8) is 0 Å². The van der Waals surface area contributed by atoms with E-state index in [9.17, 15) is 4.79 Å². The molecule has 84 valence electrons. The summed E-state index contributed by atoms with van der Waals surface area (Å²) in [7, 11) is 0. The standard InChI is InChI=1S/C13H20O2/c1-3-9-15-10-11(4-2)12-7-5-6-8-13(12)14/h3-4,12H,1,5-10H2,2H3/b11-4-. The van der Waals surface area contributed by atoms with Crippen LogP contribution in [0.5, 0.6) is 0 Å². The Balaban J connectivity index is 2.49. The first kappa shape index (κ1) is 12.2. The van der Waals surface area contributed by atoms with Crippen molar-refractivity contribution in [1.29, 1.82) is 0 Å². The van der Waals surface area contributed by atoms with Crippen molar-refractivity contribution in [1.82, 2.24) is 0 Å². The minimum absolute atomic E-state index is 0.119. The zero-order chi connectivity index (χ0) is 11.1. The van der Waals surface area contributed by atoms with Crippen molar-refractivity contribution in [2.75, 3.05) is 13.2 Å². The molecule has 0 N–H and O–H groups in total. The Morgan fingerprint density at radius 3 is 3.00 bits per heavy atom. The van der Waals surface area contributed by atoms with E-state index in [4.69, 9.17) is 4.74 Å². The van der Waals surface area contributed by atoms with E-state index < -0.39 is 0 Å². The lowest BCUT2D eigenvalue weighted by Gasteiger charge is -2.23. The molecule has 1 atom stereocenters. The molecule has 1 saturated carbocycles. The second kappa shape index (κ2) is 6.57. The second-order valence-corrected chi connectivity index (χ2v) is 3.93. The summed E-state index contributed by atoms with van der Waals surface area (Å²) in [6.07, 6.45) is 7.71. The lowest BCUT2D eigenvalue weighted by Crippen LogP contribution is -2.23. The van der Waals surface area contributed by atoms with E-state index in [1.807, 2.05) is 13.0 Å². The lowest BCUT2D eigenvalue weighted by atomic mass is 9.83. The lowest BCUT2D eigenvalue weighted by molar-refractivity contribution is -0.123. The Bertz CT molecular complexity index is 253. The van der Waals surface area contributed by atoms with Crippen LogP contribution in [0.15, 0.2) is 24.3 Å². The van der Waals surface area contributed by atoms with Crippen LogP contribution in [0.1, 0.15) is 32.6 Å². The highest BCUT2D eigenvalue weighted by Crippen LogP contribution is 2.27. The minimum Gasteiger partial charge on any atom is -0.373 e. The van der Waals surface area contributed by atoms with Gasteiger partial charge in [-0.15, -0.1) is 6.58 Å². The molecule has 0 spiro atoms. The molecule has 1 rings (SSSR count). The van der Waals surface area contributed by atoms with Gasteiger partial charge in [-0.25, -0.2) is 0 Å². The molecule has 0 bridgehead atoms. The molecule has 0 radical (unpaired) electrons. The molecule has 2 nitrogen and oxygen atoms in total. The van der Waals surface area contributed by atoms with E-state index >= 15 is 0 Å². The van der Waals surface area contributed by atoms with Gasteiger partial charge in [-0.1, -0.05) is 18.6 Å². The van der Waals surface area contributed by atoms with Gasteiger partial charge >= 0.3 is 0 Å². The molecular formula is C13H20O2. The number of ether oxygens (including phenoxy) is 1. The Morgan fingerprint density at radius 1 is 1.60 bits per heavy atom. The van der Waals surface area contributed by atoms with Gasteiger partial charge in [0.25, 0.3) is 0 Å². The predicted octanol–water partition coefficient (Wildman–Crippen LogP) is 2.89. The monoisotopic (exact) mass is 208 g/mol. The third-order valence-electron chi connectivity index (χ3n) is 2.88. The second-order valence-electron chi connectivity index (χ2n) is 3.93. The van der Waals surface area contributed by atoms with Gasteiger partial charge in [0, 0.05) is 12.3 Å². The average molecular weight is 208 g/mol. The zero-order valence-electron chi connectivity index (χ0n) is 9.50. The van der Waals surface area contributed by atoms with Crippen molar-refractivity contribution in [2.45, 2.75) is 32.6 Å². The van der Waals surface area contributed by atoms with Crippen molar-refractivity contribution in [3.8, 4) is 0 Å². The summed E-state index contributed by atoms with van der Waals surface area (Å²) in [6, 6.07) is 0. The van der Waals surface area contributed by atoms with Gasteiger partial charge in [0.2, 0.25) is 0 Å². The molecule has 15 heavy (non-hydrogen) atoms.